The van der Waals surface area contributed by atoms with Crippen LogP contribution in [0.4, 0.5) is 0 Å². The largest absolute Gasteiger partial charge is 0.508 e. The van der Waals surface area contributed by atoms with Crippen LogP contribution >= 0.6 is 11.6 Å². The standard InChI is InChI=1S/C17H18ClNO2/c1-10-16(21)8-14-13(17(10)18)6-7-19-9-15(14)11-2-4-12(20)5-3-11/h2-5,8,15,19-21H,6-7,9H2,1H3. The number of halogens is 1. The molecule has 0 radical (unpaired) electrons. The zero-order valence-electron chi connectivity index (χ0n) is 11.9. The molecule has 0 aromatic heterocycles. The van der Waals surface area contributed by atoms with Crippen molar-refractivity contribution in [2.75, 3.05) is 13.1 Å². The average Bonchev–Trinajstić information content (AvgIpc) is 2.68. The first kappa shape index (κ1) is 14.2. The lowest BCUT2D eigenvalue weighted by Gasteiger charge is -2.20. The average molecular weight is 304 g/mol. The highest BCUT2D eigenvalue weighted by Gasteiger charge is 2.24. The van der Waals surface area contributed by atoms with Crippen LogP contribution in [0.5, 0.6) is 11.5 Å². The van der Waals surface area contributed by atoms with Crippen LogP contribution in [0, 0.1) is 6.92 Å². The molecule has 4 heteroatoms. The molecule has 1 heterocycles. The third-order valence-corrected chi connectivity index (χ3v) is 4.70. The van der Waals surface area contributed by atoms with Gasteiger partial charge in [-0.1, -0.05) is 23.7 Å². The summed E-state index contributed by atoms with van der Waals surface area (Å²) < 4.78 is 0. The number of aromatic hydroxyl groups is 2. The van der Waals surface area contributed by atoms with Gasteiger partial charge in [0.1, 0.15) is 11.5 Å². The number of benzene rings is 2. The maximum absolute atomic E-state index is 10.1. The summed E-state index contributed by atoms with van der Waals surface area (Å²) in [5, 5.41) is 23.7. The Hall–Kier alpha value is -1.71. The van der Waals surface area contributed by atoms with Crippen LogP contribution in [0.3, 0.4) is 0 Å². The SMILES string of the molecule is Cc1c(O)cc2c(c1Cl)CCNCC2c1ccc(O)cc1. The van der Waals surface area contributed by atoms with Crippen LogP contribution in [0.2, 0.25) is 5.02 Å². The minimum absolute atomic E-state index is 0.118. The Kier molecular flexibility index (Phi) is 3.79. The Morgan fingerprint density at radius 3 is 2.62 bits per heavy atom. The lowest BCUT2D eigenvalue weighted by atomic mass is 9.87. The molecule has 1 aliphatic heterocycles. The summed E-state index contributed by atoms with van der Waals surface area (Å²) >= 11 is 6.44. The van der Waals surface area contributed by atoms with Gasteiger partial charge in [0.05, 0.1) is 5.02 Å². The predicted octanol–water partition coefficient (Wildman–Crippen LogP) is 3.34. The van der Waals surface area contributed by atoms with Crippen molar-refractivity contribution in [1.82, 2.24) is 5.32 Å². The number of hydrogen-bond acceptors (Lipinski definition) is 3. The van der Waals surface area contributed by atoms with Gasteiger partial charge in [-0.3, -0.25) is 0 Å². The van der Waals surface area contributed by atoms with E-state index in [9.17, 15) is 10.2 Å². The molecule has 3 nitrogen and oxygen atoms in total. The Balaban J connectivity index is 2.14. The third kappa shape index (κ3) is 2.59. The summed E-state index contributed by atoms with van der Waals surface area (Å²) in [6.45, 7) is 3.49. The molecule has 110 valence electrons. The number of phenolic OH excluding ortho intramolecular Hbond substituents is 2. The van der Waals surface area contributed by atoms with Crippen molar-refractivity contribution >= 4 is 11.6 Å². The molecule has 3 N–H and O–H groups in total. The number of hydrogen-bond donors (Lipinski definition) is 3. The molecule has 0 saturated carbocycles. The van der Waals surface area contributed by atoms with Crippen molar-refractivity contribution in [1.29, 1.82) is 0 Å². The third-order valence-electron chi connectivity index (χ3n) is 4.19. The van der Waals surface area contributed by atoms with E-state index in [0.29, 0.717) is 5.02 Å². The van der Waals surface area contributed by atoms with Crippen molar-refractivity contribution in [2.45, 2.75) is 19.3 Å². The van der Waals surface area contributed by atoms with Crippen LogP contribution in [0.25, 0.3) is 0 Å². The van der Waals surface area contributed by atoms with Gasteiger partial charge in [0.15, 0.2) is 0 Å². The second kappa shape index (κ2) is 5.58. The summed E-state index contributed by atoms with van der Waals surface area (Å²) in [5.41, 5.74) is 4.01. The van der Waals surface area contributed by atoms with Gasteiger partial charge in [0, 0.05) is 18.0 Å². The molecule has 0 spiro atoms. The normalized spacial score (nSPS) is 18.1. The molecule has 0 amide bonds. The summed E-state index contributed by atoms with van der Waals surface area (Å²) in [6, 6.07) is 9.05. The van der Waals surface area contributed by atoms with Crippen molar-refractivity contribution in [3.8, 4) is 11.5 Å². The fourth-order valence-electron chi connectivity index (χ4n) is 2.95. The van der Waals surface area contributed by atoms with Crippen molar-refractivity contribution in [3.05, 3.63) is 57.6 Å². The van der Waals surface area contributed by atoms with E-state index in [0.717, 1.165) is 41.8 Å². The topological polar surface area (TPSA) is 52.5 Å². The molecule has 3 rings (SSSR count). The fraction of sp³-hybridized carbons (Fsp3) is 0.294. The number of phenols is 2. The molecule has 0 fully saturated rings. The van der Waals surface area contributed by atoms with Crippen molar-refractivity contribution in [3.63, 3.8) is 0 Å². The molecule has 2 aromatic carbocycles. The number of nitrogens with one attached hydrogen (secondary N) is 1. The highest BCUT2D eigenvalue weighted by Crippen LogP contribution is 2.38. The van der Waals surface area contributed by atoms with Gasteiger partial charge in [-0.2, -0.15) is 0 Å². The lowest BCUT2D eigenvalue weighted by molar-refractivity contribution is 0.469. The van der Waals surface area contributed by atoms with Crippen LogP contribution < -0.4 is 5.32 Å². The van der Waals surface area contributed by atoms with E-state index >= 15 is 0 Å². The van der Waals surface area contributed by atoms with Gasteiger partial charge >= 0.3 is 0 Å². The van der Waals surface area contributed by atoms with Crippen LogP contribution in [0.1, 0.15) is 28.2 Å². The van der Waals surface area contributed by atoms with E-state index in [1.807, 2.05) is 25.1 Å². The molecule has 1 atom stereocenters. The van der Waals surface area contributed by atoms with Gasteiger partial charge in [-0.15, -0.1) is 0 Å². The molecule has 2 aromatic rings. The summed E-state index contributed by atoms with van der Waals surface area (Å²) in [5.74, 6) is 0.613. The summed E-state index contributed by atoms with van der Waals surface area (Å²) in [7, 11) is 0. The van der Waals surface area contributed by atoms with Crippen molar-refractivity contribution < 1.29 is 10.2 Å². The van der Waals surface area contributed by atoms with Gasteiger partial charge in [-0.25, -0.2) is 0 Å². The molecule has 0 aliphatic carbocycles. The monoisotopic (exact) mass is 303 g/mol. The van der Waals surface area contributed by atoms with E-state index in [4.69, 9.17) is 11.6 Å². The molecule has 0 saturated heterocycles. The fourth-order valence-corrected chi connectivity index (χ4v) is 3.25. The Bertz CT molecular complexity index is 667. The second-order valence-corrected chi connectivity index (χ2v) is 5.88. The number of fused-ring (bicyclic) bond motifs is 1. The molecular formula is C17H18ClNO2. The van der Waals surface area contributed by atoms with Crippen LogP contribution in [-0.4, -0.2) is 23.3 Å². The van der Waals surface area contributed by atoms with Gasteiger partial charge in [-0.05, 0) is 54.8 Å². The van der Waals surface area contributed by atoms with Gasteiger partial charge < -0.3 is 15.5 Å². The molecule has 21 heavy (non-hydrogen) atoms. The van der Waals surface area contributed by atoms with E-state index in [1.54, 1.807) is 12.1 Å². The Morgan fingerprint density at radius 1 is 1.19 bits per heavy atom. The van der Waals surface area contributed by atoms with Gasteiger partial charge in [0.2, 0.25) is 0 Å². The van der Waals surface area contributed by atoms with Crippen LogP contribution in [0.15, 0.2) is 30.3 Å². The number of rotatable bonds is 1. The van der Waals surface area contributed by atoms with Gasteiger partial charge in [0.25, 0.3) is 0 Å². The van der Waals surface area contributed by atoms with Crippen molar-refractivity contribution in [2.24, 2.45) is 0 Å². The Labute approximate surface area is 129 Å². The highest BCUT2D eigenvalue weighted by atomic mass is 35.5. The maximum atomic E-state index is 10.1. The minimum atomic E-state index is 0.118. The molecule has 0 bridgehead atoms. The van der Waals surface area contributed by atoms with E-state index in [-0.39, 0.29) is 17.4 Å². The quantitative estimate of drug-likeness (QED) is 0.757. The highest BCUT2D eigenvalue weighted by molar-refractivity contribution is 6.32. The summed E-state index contributed by atoms with van der Waals surface area (Å²) in [6.07, 6.45) is 0.851. The molecule has 1 unspecified atom stereocenters. The first-order valence-corrected chi connectivity index (χ1v) is 7.46. The zero-order chi connectivity index (χ0) is 15.0. The first-order chi connectivity index (χ1) is 10.1. The summed E-state index contributed by atoms with van der Waals surface area (Å²) in [4.78, 5) is 0. The zero-order valence-corrected chi connectivity index (χ0v) is 12.6. The first-order valence-electron chi connectivity index (χ1n) is 7.08. The minimum Gasteiger partial charge on any atom is -0.508 e. The second-order valence-electron chi connectivity index (χ2n) is 5.50. The predicted molar refractivity (Wildman–Crippen MR) is 84.4 cm³/mol. The van der Waals surface area contributed by atoms with E-state index < -0.39 is 0 Å². The smallest absolute Gasteiger partial charge is 0.120 e. The maximum Gasteiger partial charge on any atom is 0.120 e. The van der Waals surface area contributed by atoms with Crippen LogP contribution in [-0.2, 0) is 6.42 Å². The molecular weight excluding hydrogens is 286 g/mol. The lowest BCUT2D eigenvalue weighted by Crippen LogP contribution is -2.20. The molecule has 1 aliphatic rings. The van der Waals surface area contributed by atoms with E-state index in [2.05, 4.69) is 5.32 Å². The van der Waals surface area contributed by atoms with E-state index in [1.165, 1.54) is 0 Å². The Morgan fingerprint density at radius 2 is 1.90 bits per heavy atom.